The fourth-order valence-corrected chi connectivity index (χ4v) is 5.09. The Kier molecular flexibility index (Phi) is 4.02. The molecule has 0 spiro atoms. The van der Waals surface area contributed by atoms with Gasteiger partial charge in [0.25, 0.3) is 5.56 Å². The highest BCUT2D eigenvalue weighted by molar-refractivity contribution is 9.10. The van der Waals surface area contributed by atoms with Crippen molar-refractivity contribution in [1.29, 1.82) is 0 Å². The van der Waals surface area contributed by atoms with Crippen molar-refractivity contribution in [3.8, 4) is 5.69 Å². The number of aryl methyl sites for hydroxylation is 2. The quantitative estimate of drug-likeness (QED) is 0.702. The topological polar surface area (TPSA) is 55.1 Å². The third-order valence-electron chi connectivity index (χ3n) is 4.42. The lowest BCUT2D eigenvalue weighted by atomic mass is 9.97. The highest BCUT2D eigenvalue weighted by Crippen LogP contribution is 2.34. The Balaban J connectivity index is 1.99. The largest absolute Gasteiger partial charge is 0.392 e. The molecule has 0 saturated carbocycles. The summed E-state index contributed by atoms with van der Waals surface area (Å²) in [7, 11) is 0. The Bertz CT molecular complexity index is 1010. The molecule has 0 fully saturated rings. The predicted octanol–water partition coefficient (Wildman–Crippen LogP) is 3.72. The zero-order valence-corrected chi connectivity index (χ0v) is 15.1. The lowest BCUT2D eigenvalue weighted by Gasteiger charge is -2.12. The number of thiophene rings is 1. The molecule has 0 atom stereocenters. The first-order valence-electron chi connectivity index (χ1n) is 7.72. The van der Waals surface area contributed by atoms with Crippen molar-refractivity contribution in [2.45, 2.75) is 32.3 Å². The number of halogens is 2. The van der Waals surface area contributed by atoms with Crippen LogP contribution in [-0.4, -0.2) is 14.9 Å². The van der Waals surface area contributed by atoms with Crippen LogP contribution in [0.4, 0.5) is 4.39 Å². The molecule has 0 amide bonds. The summed E-state index contributed by atoms with van der Waals surface area (Å²) in [4.78, 5) is 14.2. The van der Waals surface area contributed by atoms with Crippen LogP contribution in [0.25, 0.3) is 15.8 Å². The van der Waals surface area contributed by atoms with Gasteiger partial charge in [-0.1, -0.05) is 15.9 Å². The molecule has 1 aromatic carbocycles. The van der Waals surface area contributed by atoms with Crippen molar-refractivity contribution < 1.29 is 9.50 Å². The Morgan fingerprint density at radius 3 is 2.92 bits per heavy atom. The standard InChI is InChI=1S/C17H14BrFN2O2S/c18-13-5-9(19)6-14(12(13)8-22)21-17(23)16-11(7-20-21)10-3-1-2-4-15(10)24-16/h5-7,22H,1-4,8H2. The van der Waals surface area contributed by atoms with Crippen LogP contribution < -0.4 is 5.56 Å². The summed E-state index contributed by atoms with van der Waals surface area (Å²) in [5.74, 6) is -0.492. The van der Waals surface area contributed by atoms with Gasteiger partial charge in [-0.3, -0.25) is 4.79 Å². The van der Waals surface area contributed by atoms with Crippen LogP contribution in [0.1, 0.15) is 28.8 Å². The van der Waals surface area contributed by atoms with Crippen molar-refractivity contribution in [2.75, 3.05) is 0 Å². The first kappa shape index (κ1) is 15.9. The van der Waals surface area contributed by atoms with Crippen LogP contribution in [0, 0.1) is 5.82 Å². The lowest BCUT2D eigenvalue weighted by Crippen LogP contribution is -2.22. The summed E-state index contributed by atoms with van der Waals surface area (Å²) in [5, 5.41) is 14.8. The molecule has 4 nitrogen and oxygen atoms in total. The Morgan fingerprint density at radius 1 is 1.33 bits per heavy atom. The highest BCUT2D eigenvalue weighted by atomic mass is 79.9. The van der Waals surface area contributed by atoms with Gasteiger partial charge < -0.3 is 5.11 Å². The molecule has 3 aromatic rings. The third-order valence-corrected chi connectivity index (χ3v) is 6.43. The molecule has 2 heterocycles. The second-order valence-corrected chi connectivity index (χ2v) is 7.82. The number of hydrogen-bond donors (Lipinski definition) is 1. The maximum Gasteiger partial charge on any atom is 0.289 e. The van der Waals surface area contributed by atoms with E-state index in [2.05, 4.69) is 21.0 Å². The number of nitrogens with zero attached hydrogens (tertiary/aromatic N) is 2. The van der Waals surface area contributed by atoms with Gasteiger partial charge in [-0.15, -0.1) is 11.3 Å². The minimum absolute atomic E-state index is 0.265. The maximum atomic E-state index is 13.8. The van der Waals surface area contributed by atoms with Crippen molar-refractivity contribution in [2.24, 2.45) is 0 Å². The van der Waals surface area contributed by atoms with Gasteiger partial charge in [-0.25, -0.2) is 4.39 Å². The smallest absolute Gasteiger partial charge is 0.289 e. The summed E-state index contributed by atoms with van der Waals surface area (Å²) in [6.45, 7) is -0.316. The first-order valence-corrected chi connectivity index (χ1v) is 9.33. The number of aliphatic hydroxyl groups excluding tert-OH is 1. The van der Waals surface area contributed by atoms with Crippen LogP contribution >= 0.6 is 27.3 Å². The average molecular weight is 409 g/mol. The third kappa shape index (κ3) is 2.42. The first-order chi connectivity index (χ1) is 11.6. The lowest BCUT2D eigenvalue weighted by molar-refractivity contribution is 0.280. The van der Waals surface area contributed by atoms with Crippen molar-refractivity contribution >= 4 is 37.4 Å². The number of hydrogen-bond acceptors (Lipinski definition) is 4. The van der Waals surface area contributed by atoms with E-state index >= 15 is 0 Å². The van der Waals surface area contributed by atoms with Gasteiger partial charge in [-0.05, 0) is 37.3 Å². The highest BCUT2D eigenvalue weighted by Gasteiger charge is 2.20. The molecule has 0 unspecified atom stereocenters. The van der Waals surface area contributed by atoms with Crippen LogP contribution in [0.2, 0.25) is 0 Å². The summed E-state index contributed by atoms with van der Waals surface area (Å²) < 4.78 is 16.1. The molecular formula is C17H14BrFN2O2S. The fraction of sp³-hybridized carbons (Fsp3) is 0.294. The molecule has 1 aliphatic carbocycles. The predicted molar refractivity (Wildman–Crippen MR) is 95.4 cm³/mol. The molecule has 124 valence electrons. The number of benzene rings is 1. The van der Waals surface area contributed by atoms with Gasteiger partial charge in [-0.2, -0.15) is 9.78 Å². The van der Waals surface area contributed by atoms with Crippen LogP contribution in [0.15, 0.2) is 27.6 Å². The van der Waals surface area contributed by atoms with Gasteiger partial charge in [0, 0.05) is 26.4 Å². The number of aromatic nitrogens is 2. The SMILES string of the molecule is O=c1c2sc3c(c2cnn1-c1cc(F)cc(Br)c1CO)CCCC3. The molecule has 1 N–H and O–H groups in total. The fourth-order valence-electron chi connectivity index (χ4n) is 3.26. The minimum atomic E-state index is -0.492. The van der Waals surface area contributed by atoms with E-state index in [1.807, 2.05) is 0 Å². The van der Waals surface area contributed by atoms with Crippen LogP contribution in [0.5, 0.6) is 0 Å². The molecule has 1 aliphatic rings. The normalized spacial score (nSPS) is 14.1. The molecule has 7 heteroatoms. The second-order valence-electron chi connectivity index (χ2n) is 5.86. The summed E-state index contributed by atoms with van der Waals surface area (Å²) in [5.41, 5.74) is 1.68. The average Bonchev–Trinajstić information content (AvgIpc) is 2.94. The van der Waals surface area contributed by atoms with E-state index in [1.54, 1.807) is 6.20 Å². The summed E-state index contributed by atoms with van der Waals surface area (Å²) in [6, 6.07) is 2.49. The van der Waals surface area contributed by atoms with E-state index in [9.17, 15) is 14.3 Å². The molecular weight excluding hydrogens is 395 g/mol. The maximum absolute atomic E-state index is 13.8. The summed E-state index contributed by atoms with van der Waals surface area (Å²) >= 11 is 4.75. The zero-order chi connectivity index (χ0) is 16.8. The molecule has 2 aromatic heterocycles. The monoisotopic (exact) mass is 408 g/mol. The van der Waals surface area contributed by atoms with E-state index in [1.165, 1.54) is 38.6 Å². The van der Waals surface area contributed by atoms with Crippen LogP contribution in [-0.2, 0) is 19.4 Å². The number of aliphatic hydroxyl groups is 1. The molecule has 24 heavy (non-hydrogen) atoms. The molecule has 4 rings (SSSR count). The number of fused-ring (bicyclic) bond motifs is 3. The van der Waals surface area contributed by atoms with Gasteiger partial charge in [0.2, 0.25) is 0 Å². The van der Waals surface area contributed by atoms with Crippen molar-refractivity contribution in [1.82, 2.24) is 9.78 Å². The van der Waals surface area contributed by atoms with E-state index < -0.39 is 5.82 Å². The van der Waals surface area contributed by atoms with Crippen LogP contribution in [0.3, 0.4) is 0 Å². The van der Waals surface area contributed by atoms with Gasteiger partial charge >= 0.3 is 0 Å². The van der Waals surface area contributed by atoms with E-state index in [4.69, 9.17) is 0 Å². The van der Waals surface area contributed by atoms with Crippen molar-refractivity contribution in [3.63, 3.8) is 0 Å². The Morgan fingerprint density at radius 2 is 2.12 bits per heavy atom. The van der Waals surface area contributed by atoms with Gasteiger partial charge in [0.05, 0.1) is 18.5 Å². The van der Waals surface area contributed by atoms with E-state index in [0.29, 0.717) is 14.7 Å². The number of rotatable bonds is 2. The zero-order valence-electron chi connectivity index (χ0n) is 12.7. The summed E-state index contributed by atoms with van der Waals surface area (Å²) in [6.07, 6.45) is 5.95. The molecule has 0 bridgehead atoms. The second kappa shape index (κ2) is 6.06. The van der Waals surface area contributed by atoms with Gasteiger partial charge in [0.15, 0.2) is 0 Å². The Hall–Kier alpha value is -1.57. The molecule has 0 radical (unpaired) electrons. The molecule has 0 saturated heterocycles. The van der Waals surface area contributed by atoms with Crippen molar-refractivity contribution in [3.05, 3.63) is 55.0 Å². The van der Waals surface area contributed by atoms with Gasteiger partial charge in [0.1, 0.15) is 10.5 Å². The molecule has 0 aliphatic heterocycles. The van der Waals surface area contributed by atoms with E-state index in [-0.39, 0.29) is 17.9 Å². The Labute approximate surface area is 149 Å². The minimum Gasteiger partial charge on any atom is -0.392 e. The van der Waals surface area contributed by atoms with E-state index in [0.717, 1.165) is 31.1 Å².